The largest absolute Gasteiger partial charge is 0.295 e. The van der Waals surface area contributed by atoms with Crippen LogP contribution < -0.4 is 0 Å². The number of hydrogen-bond donors (Lipinski definition) is 0. The Bertz CT molecular complexity index is 329. The molecule has 1 aliphatic rings. The summed E-state index contributed by atoms with van der Waals surface area (Å²) in [4.78, 5) is 4.01. The van der Waals surface area contributed by atoms with Crippen LogP contribution in [0.4, 0.5) is 0 Å². The Balaban J connectivity index is 1.88. The van der Waals surface area contributed by atoms with Gasteiger partial charge in [0.05, 0.1) is 4.34 Å². The summed E-state index contributed by atoms with van der Waals surface area (Å²) in [6.07, 6.45) is 5.33. The van der Waals surface area contributed by atoms with E-state index in [1.165, 1.54) is 37.1 Å². The molecule has 0 N–H and O–H groups in total. The van der Waals surface area contributed by atoms with Crippen LogP contribution in [-0.4, -0.2) is 22.8 Å². The second kappa shape index (κ2) is 6.39. The van der Waals surface area contributed by atoms with E-state index in [4.69, 9.17) is 11.6 Å². The van der Waals surface area contributed by atoms with E-state index in [2.05, 4.69) is 26.9 Å². The topological polar surface area (TPSA) is 3.24 Å². The normalized spacial score (nSPS) is 21.8. The van der Waals surface area contributed by atoms with Gasteiger partial charge in [-0.05, 0) is 44.4 Å². The SMILES string of the molecule is Clc1ccc(CN2CCCC2CCCBr)s1. The Kier molecular flexibility index (Phi) is 5.14. The minimum Gasteiger partial charge on any atom is -0.295 e. The minimum atomic E-state index is 0.790. The van der Waals surface area contributed by atoms with Crippen molar-refractivity contribution in [1.29, 1.82) is 0 Å². The van der Waals surface area contributed by atoms with E-state index >= 15 is 0 Å². The molecule has 90 valence electrons. The summed E-state index contributed by atoms with van der Waals surface area (Å²) < 4.78 is 0.909. The zero-order chi connectivity index (χ0) is 11.4. The average Bonchev–Trinajstić information content (AvgIpc) is 2.86. The molecule has 2 rings (SSSR count). The Morgan fingerprint density at radius 2 is 2.38 bits per heavy atom. The highest BCUT2D eigenvalue weighted by molar-refractivity contribution is 9.09. The molecule has 4 heteroatoms. The van der Waals surface area contributed by atoms with Gasteiger partial charge in [-0.15, -0.1) is 11.3 Å². The van der Waals surface area contributed by atoms with E-state index in [0.717, 1.165) is 22.3 Å². The second-order valence-electron chi connectivity index (χ2n) is 4.30. The summed E-state index contributed by atoms with van der Waals surface area (Å²) in [6, 6.07) is 4.95. The van der Waals surface area contributed by atoms with Crippen LogP contribution in [-0.2, 0) is 6.54 Å². The molecule has 16 heavy (non-hydrogen) atoms. The second-order valence-corrected chi connectivity index (χ2v) is 6.90. The molecule has 0 aliphatic carbocycles. The highest BCUT2D eigenvalue weighted by Crippen LogP contribution is 2.28. The Morgan fingerprint density at radius 3 is 3.06 bits per heavy atom. The highest BCUT2D eigenvalue weighted by Gasteiger charge is 2.24. The monoisotopic (exact) mass is 321 g/mol. The Hall–Kier alpha value is 0.430. The van der Waals surface area contributed by atoms with Gasteiger partial charge >= 0.3 is 0 Å². The van der Waals surface area contributed by atoms with E-state index in [-0.39, 0.29) is 0 Å². The zero-order valence-corrected chi connectivity index (χ0v) is 12.5. The van der Waals surface area contributed by atoms with Crippen molar-refractivity contribution in [3.63, 3.8) is 0 Å². The van der Waals surface area contributed by atoms with Crippen LogP contribution in [0.3, 0.4) is 0 Å². The fourth-order valence-corrected chi connectivity index (χ4v) is 3.82. The van der Waals surface area contributed by atoms with Gasteiger partial charge in [0, 0.05) is 22.8 Å². The van der Waals surface area contributed by atoms with Crippen molar-refractivity contribution in [3.05, 3.63) is 21.3 Å². The molecule has 1 aromatic rings. The number of likely N-dealkylation sites (tertiary alicyclic amines) is 1. The maximum Gasteiger partial charge on any atom is 0.0931 e. The summed E-state index contributed by atoms with van der Waals surface area (Å²) in [6.45, 7) is 2.34. The maximum atomic E-state index is 5.96. The third kappa shape index (κ3) is 3.46. The molecule has 0 radical (unpaired) electrons. The highest BCUT2D eigenvalue weighted by atomic mass is 79.9. The van der Waals surface area contributed by atoms with Gasteiger partial charge in [0.2, 0.25) is 0 Å². The average molecular weight is 323 g/mol. The summed E-state index contributed by atoms with van der Waals surface area (Å²) in [7, 11) is 0. The molecule has 0 bridgehead atoms. The van der Waals surface area contributed by atoms with Crippen LogP contribution in [0.2, 0.25) is 4.34 Å². The quantitative estimate of drug-likeness (QED) is 0.719. The van der Waals surface area contributed by atoms with Crippen molar-refractivity contribution in [2.24, 2.45) is 0 Å². The predicted molar refractivity (Wildman–Crippen MR) is 75.8 cm³/mol. The molecule has 1 saturated heterocycles. The third-order valence-corrected chi connectivity index (χ3v) is 4.93. The van der Waals surface area contributed by atoms with Gasteiger partial charge in [0.15, 0.2) is 0 Å². The van der Waals surface area contributed by atoms with E-state index in [9.17, 15) is 0 Å². The smallest absolute Gasteiger partial charge is 0.0931 e. The molecule has 0 aromatic carbocycles. The van der Waals surface area contributed by atoms with Gasteiger partial charge in [-0.3, -0.25) is 4.90 Å². The molecule has 1 nitrogen and oxygen atoms in total. The lowest BCUT2D eigenvalue weighted by Gasteiger charge is -2.23. The molecule has 0 saturated carbocycles. The molecule has 1 aliphatic heterocycles. The van der Waals surface area contributed by atoms with Crippen LogP contribution in [0, 0.1) is 0 Å². The van der Waals surface area contributed by atoms with E-state index in [1.54, 1.807) is 11.3 Å². The van der Waals surface area contributed by atoms with Gasteiger partial charge in [0.1, 0.15) is 0 Å². The van der Waals surface area contributed by atoms with Gasteiger partial charge in [-0.2, -0.15) is 0 Å². The van der Waals surface area contributed by atoms with Gasteiger partial charge in [-0.25, -0.2) is 0 Å². The first-order chi connectivity index (χ1) is 7.79. The standard InChI is InChI=1S/C12H17BrClNS/c13-7-1-3-10-4-2-8-15(10)9-11-5-6-12(14)16-11/h5-6,10H,1-4,7-9H2. The van der Waals surface area contributed by atoms with E-state index < -0.39 is 0 Å². The molecule has 0 amide bonds. The number of nitrogens with zero attached hydrogens (tertiary/aromatic N) is 1. The molecule has 2 heterocycles. The lowest BCUT2D eigenvalue weighted by atomic mass is 10.1. The number of thiophene rings is 1. The van der Waals surface area contributed by atoms with Gasteiger partial charge in [0.25, 0.3) is 0 Å². The summed E-state index contributed by atoms with van der Waals surface area (Å²) in [5, 5.41) is 1.13. The number of hydrogen-bond acceptors (Lipinski definition) is 2. The van der Waals surface area contributed by atoms with Gasteiger partial charge < -0.3 is 0 Å². The zero-order valence-electron chi connectivity index (χ0n) is 9.29. The molecule has 1 unspecified atom stereocenters. The number of rotatable bonds is 5. The van der Waals surface area contributed by atoms with Gasteiger partial charge in [-0.1, -0.05) is 27.5 Å². The lowest BCUT2D eigenvalue weighted by Crippen LogP contribution is -2.28. The van der Waals surface area contributed by atoms with E-state index in [1.807, 2.05) is 6.07 Å². The summed E-state index contributed by atoms with van der Waals surface area (Å²) in [5.41, 5.74) is 0. The summed E-state index contributed by atoms with van der Waals surface area (Å²) in [5.74, 6) is 0. The van der Waals surface area contributed by atoms with Crippen molar-refractivity contribution in [2.45, 2.75) is 38.3 Å². The van der Waals surface area contributed by atoms with Crippen LogP contribution in [0.1, 0.15) is 30.6 Å². The first-order valence-electron chi connectivity index (χ1n) is 5.84. The molecular weight excluding hydrogens is 306 g/mol. The first kappa shape index (κ1) is 12.9. The predicted octanol–water partition coefficient (Wildman–Crippen LogP) is 4.54. The Labute approximate surface area is 115 Å². The van der Waals surface area contributed by atoms with Crippen molar-refractivity contribution >= 4 is 38.9 Å². The third-order valence-electron chi connectivity index (χ3n) is 3.16. The van der Waals surface area contributed by atoms with Crippen molar-refractivity contribution < 1.29 is 0 Å². The summed E-state index contributed by atoms with van der Waals surface area (Å²) >= 11 is 11.2. The molecule has 1 aromatic heterocycles. The van der Waals surface area contributed by atoms with Crippen molar-refractivity contribution in [3.8, 4) is 0 Å². The first-order valence-corrected chi connectivity index (χ1v) is 8.15. The van der Waals surface area contributed by atoms with Crippen LogP contribution in [0.25, 0.3) is 0 Å². The molecule has 0 spiro atoms. The van der Waals surface area contributed by atoms with Crippen LogP contribution in [0.15, 0.2) is 12.1 Å². The fourth-order valence-electron chi connectivity index (χ4n) is 2.38. The fraction of sp³-hybridized carbons (Fsp3) is 0.667. The molecular formula is C12H17BrClNS. The number of halogens is 2. The van der Waals surface area contributed by atoms with Crippen LogP contribution >= 0.6 is 38.9 Å². The molecule has 1 atom stereocenters. The molecule has 1 fully saturated rings. The maximum absolute atomic E-state index is 5.96. The number of alkyl halides is 1. The van der Waals surface area contributed by atoms with E-state index in [0.29, 0.717) is 0 Å². The lowest BCUT2D eigenvalue weighted by molar-refractivity contribution is 0.236. The Morgan fingerprint density at radius 1 is 1.50 bits per heavy atom. The van der Waals surface area contributed by atoms with Crippen molar-refractivity contribution in [2.75, 3.05) is 11.9 Å². The minimum absolute atomic E-state index is 0.790. The van der Waals surface area contributed by atoms with Crippen LogP contribution in [0.5, 0.6) is 0 Å². The van der Waals surface area contributed by atoms with Crippen molar-refractivity contribution in [1.82, 2.24) is 4.90 Å².